The number of anilines is 8. The van der Waals surface area contributed by atoms with Gasteiger partial charge in [-0.3, -0.25) is 4.55 Å². The van der Waals surface area contributed by atoms with Crippen molar-refractivity contribution in [3.8, 4) is 0 Å². The Morgan fingerprint density at radius 3 is 1.87 bits per heavy atom. The highest BCUT2D eigenvalue weighted by molar-refractivity contribution is 7.86. The Hall–Kier alpha value is -6.57. The zero-order chi connectivity index (χ0) is 44.3. The summed E-state index contributed by atoms with van der Waals surface area (Å²) in [7, 11) is -4.67. The lowest BCUT2D eigenvalue weighted by Crippen LogP contribution is -2.32. The average Bonchev–Trinajstić information content (AvgIpc) is 3.27. The number of para-hydroxylation sites is 1. The SMILES string of the molecule is CCCCNCCCCNc1nc(Nc2ccccc2)nc(Nc2ccc(/C=C/c3ccc(Nc4nc(Cc5ccccc5)nc(N(CCO)CCO)n4)cc3S(=O)(=O)O)cc2)n1. The molecule has 6 rings (SSSR count). The van der Waals surface area contributed by atoms with Crippen LogP contribution >= 0.6 is 0 Å². The summed E-state index contributed by atoms with van der Waals surface area (Å²) in [5.41, 5.74) is 3.81. The van der Waals surface area contributed by atoms with Crippen LogP contribution in [0.15, 0.2) is 108 Å². The van der Waals surface area contributed by atoms with Crippen LogP contribution in [0.25, 0.3) is 12.2 Å². The molecule has 0 aliphatic rings. The molecule has 0 saturated heterocycles. The van der Waals surface area contributed by atoms with E-state index in [-0.39, 0.29) is 48.7 Å². The van der Waals surface area contributed by atoms with Gasteiger partial charge in [-0.1, -0.05) is 92.2 Å². The van der Waals surface area contributed by atoms with Gasteiger partial charge < -0.3 is 41.7 Å². The van der Waals surface area contributed by atoms with Gasteiger partial charge in [0.15, 0.2) is 0 Å². The predicted molar refractivity (Wildman–Crippen MR) is 249 cm³/mol. The molecular formula is C45H54N12O5S. The first-order valence-electron chi connectivity index (χ1n) is 20.9. The number of aliphatic hydroxyl groups is 2. The maximum atomic E-state index is 12.7. The fourth-order valence-corrected chi connectivity index (χ4v) is 7.04. The minimum absolute atomic E-state index is 0.111. The fourth-order valence-electron chi connectivity index (χ4n) is 6.33. The summed E-state index contributed by atoms with van der Waals surface area (Å²) >= 11 is 0. The molecular weight excluding hydrogens is 821 g/mol. The second-order valence-electron chi connectivity index (χ2n) is 14.4. The van der Waals surface area contributed by atoms with Gasteiger partial charge in [0, 0.05) is 43.1 Å². The van der Waals surface area contributed by atoms with E-state index in [1.165, 1.54) is 18.9 Å². The van der Waals surface area contributed by atoms with E-state index >= 15 is 0 Å². The number of benzene rings is 4. The number of nitrogens with zero attached hydrogens (tertiary/aromatic N) is 7. The molecule has 18 heteroatoms. The van der Waals surface area contributed by atoms with E-state index in [0.717, 1.165) is 42.7 Å². The Bertz CT molecular complexity index is 2480. The molecule has 0 atom stereocenters. The number of hydrogen-bond donors (Lipinski definition) is 8. The molecule has 4 aromatic carbocycles. The minimum atomic E-state index is -4.67. The second-order valence-corrected chi connectivity index (χ2v) is 15.8. The standard InChI is InChI=1S/C45H54N12O5S/c1-2-3-24-46-25-10-11-26-47-41-53-43(48-36-14-8-5-9-15-36)55-44(54-41)49-37-21-17-33(18-22-37)16-19-35-20-23-38(32-39(35)63(60,61)62)50-42-51-40(31-34-12-6-4-7-13-34)52-45(56-42)57(27-29-58)28-30-59/h4-9,12-23,32,46,58-59H,2-3,10-11,24-31H2,1H3,(H,60,61,62)(H,50,51,52,56)(H3,47,48,49,53,54,55)/b19-16+. The molecule has 0 saturated carbocycles. The van der Waals surface area contributed by atoms with Crippen molar-refractivity contribution >= 4 is 69.1 Å². The topological polar surface area (TPSA) is 236 Å². The molecule has 330 valence electrons. The summed E-state index contributed by atoms with van der Waals surface area (Å²) in [6, 6.07) is 31.1. The van der Waals surface area contributed by atoms with Crippen molar-refractivity contribution in [3.63, 3.8) is 0 Å². The van der Waals surface area contributed by atoms with Crippen molar-refractivity contribution in [2.24, 2.45) is 0 Å². The summed E-state index contributed by atoms with van der Waals surface area (Å²) in [4.78, 5) is 28.7. The van der Waals surface area contributed by atoms with E-state index in [4.69, 9.17) is 0 Å². The zero-order valence-electron chi connectivity index (χ0n) is 35.2. The minimum Gasteiger partial charge on any atom is -0.395 e. The van der Waals surface area contributed by atoms with Gasteiger partial charge >= 0.3 is 0 Å². The summed E-state index contributed by atoms with van der Waals surface area (Å²) in [5, 5.41) is 35.6. The van der Waals surface area contributed by atoms with Gasteiger partial charge in [0.25, 0.3) is 10.1 Å². The van der Waals surface area contributed by atoms with Crippen LogP contribution in [-0.4, -0.2) is 99.0 Å². The second kappa shape index (κ2) is 23.6. The van der Waals surface area contributed by atoms with Gasteiger partial charge in [0.2, 0.25) is 29.7 Å². The Morgan fingerprint density at radius 2 is 1.21 bits per heavy atom. The van der Waals surface area contributed by atoms with Crippen molar-refractivity contribution in [2.45, 2.75) is 43.9 Å². The maximum absolute atomic E-state index is 12.7. The third kappa shape index (κ3) is 14.8. The molecule has 0 amide bonds. The van der Waals surface area contributed by atoms with Gasteiger partial charge in [-0.25, -0.2) is 0 Å². The summed E-state index contributed by atoms with van der Waals surface area (Å²) in [5.74, 6) is 1.91. The average molecular weight is 875 g/mol. The quantitative estimate of drug-likeness (QED) is 0.0170. The van der Waals surface area contributed by atoms with Gasteiger partial charge in [-0.2, -0.15) is 38.3 Å². The van der Waals surface area contributed by atoms with Crippen LogP contribution in [0.1, 0.15) is 55.1 Å². The Balaban J connectivity index is 1.16. The van der Waals surface area contributed by atoms with Crippen molar-refractivity contribution in [2.75, 3.05) is 72.1 Å². The third-order valence-electron chi connectivity index (χ3n) is 9.50. The van der Waals surface area contributed by atoms with E-state index in [1.807, 2.05) is 84.9 Å². The molecule has 6 aromatic rings. The lowest BCUT2D eigenvalue weighted by Gasteiger charge is -2.21. The van der Waals surface area contributed by atoms with Gasteiger partial charge in [-0.15, -0.1) is 0 Å². The molecule has 0 aliphatic carbocycles. The molecule has 0 aliphatic heterocycles. The molecule has 0 unspecified atom stereocenters. The first-order chi connectivity index (χ1) is 30.7. The number of hydrogen-bond acceptors (Lipinski definition) is 16. The highest BCUT2D eigenvalue weighted by atomic mass is 32.2. The van der Waals surface area contributed by atoms with Crippen molar-refractivity contribution in [1.82, 2.24) is 35.2 Å². The van der Waals surface area contributed by atoms with E-state index in [9.17, 15) is 23.2 Å². The Kier molecular flexibility index (Phi) is 17.2. The number of rotatable bonds is 25. The molecule has 2 heterocycles. The molecule has 17 nitrogen and oxygen atoms in total. The van der Waals surface area contributed by atoms with Crippen molar-refractivity contribution in [3.05, 3.63) is 126 Å². The van der Waals surface area contributed by atoms with Crippen LogP contribution in [0.5, 0.6) is 0 Å². The predicted octanol–water partition coefficient (Wildman–Crippen LogP) is 6.67. The smallest absolute Gasteiger partial charge is 0.295 e. The lowest BCUT2D eigenvalue weighted by molar-refractivity contribution is 0.280. The van der Waals surface area contributed by atoms with Crippen LogP contribution in [0.3, 0.4) is 0 Å². The Labute approximate surface area is 368 Å². The van der Waals surface area contributed by atoms with E-state index in [1.54, 1.807) is 29.2 Å². The Morgan fingerprint density at radius 1 is 0.619 bits per heavy atom. The van der Waals surface area contributed by atoms with Crippen LogP contribution in [-0.2, 0) is 16.5 Å². The third-order valence-corrected chi connectivity index (χ3v) is 10.4. The summed E-state index contributed by atoms with van der Waals surface area (Å²) in [6.45, 7) is 4.84. The first kappa shape index (κ1) is 45.9. The molecule has 0 bridgehead atoms. The monoisotopic (exact) mass is 874 g/mol. The molecule has 8 N–H and O–H groups in total. The van der Waals surface area contributed by atoms with Crippen molar-refractivity contribution in [1.29, 1.82) is 0 Å². The number of nitrogens with one attached hydrogen (secondary N) is 5. The molecule has 0 fully saturated rings. The van der Waals surface area contributed by atoms with Crippen LogP contribution in [0.2, 0.25) is 0 Å². The summed E-state index contributed by atoms with van der Waals surface area (Å²) in [6.07, 6.45) is 8.03. The molecule has 2 aromatic heterocycles. The largest absolute Gasteiger partial charge is 0.395 e. The highest BCUT2D eigenvalue weighted by Crippen LogP contribution is 2.26. The number of aliphatic hydroxyl groups excluding tert-OH is 2. The number of unbranched alkanes of at least 4 members (excludes halogenated alkanes) is 2. The molecule has 0 radical (unpaired) electrons. The van der Waals surface area contributed by atoms with Gasteiger partial charge in [0.05, 0.1) is 13.2 Å². The van der Waals surface area contributed by atoms with E-state index in [2.05, 4.69) is 63.4 Å². The van der Waals surface area contributed by atoms with Crippen LogP contribution in [0, 0.1) is 0 Å². The molecule has 0 spiro atoms. The first-order valence-corrected chi connectivity index (χ1v) is 22.3. The maximum Gasteiger partial charge on any atom is 0.295 e. The van der Waals surface area contributed by atoms with Crippen molar-refractivity contribution < 1.29 is 23.2 Å². The van der Waals surface area contributed by atoms with Crippen LogP contribution in [0.4, 0.5) is 46.8 Å². The van der Waals surface area contributed by atoms with Gasteiger partial charge in [0.1, 0.15) is 10.7 Å². The number of aromatic nitrogens is 6. The molecule has 63 heavy (non-hydrogen) atoms. The highest BCUT2D eigenvalue weighted by Gasteiger charge is 2.18. The normalized spacial score (nSPS) is 11.4. The fraction of sp³-hybridized carbons (Fsp3) is 0.289. The van der Waals surface area contributed by atoms with Crippen LogP contribution < -0.4 is 31.5 Å². The zero-order valence-corrected chi connectivity index (χ0v) is 36.0. The van der Waals surface area contributed by atoms with E-state index < -0.39 is 10.1 Å². The summed E-state index contributed by atoms with van der Waals surface area (Å²) < 4.78 is 35.6. The van der Waals surface area contributed by atoms with Gasteiger partial charge in [-0.05, 0) is 85.4 Å². The van der Waals surface area contributed by atoms with E-state index in [0.29, 0.717) is 48.0 Å². The lowest BCUT2D eigenvalue weighted by atomic mass is 10.1.